The maximum absolute atomic E-state index is 5.58. The fourth-order valence-corrected chi connectivity index (χ4v) is 0.984. The molecule has 0 saturated heterocycles. The van der Waals surface area contributed by atoms with Gasteiger partial charge < -0.3 is 10.3 Å². The van der Waals surface area contributed by atoms with E-state index in [1.165, 1.54) is 0 Å². The van der Waals surface area contributed by atoms with Crippen LogP contribution < -0.4 is 5.73 Å². The van der Waals surface area contributed by atoms with Gasteiger partial charge in [0.25, 0.3) is 0 Å². The van der Waals surface area contributed by atoms with Gasteiger partial charge in [0, 0.05) is 12.6 Å². The Labute approximate surface area is 72.9 Å². The van der Waals surface area contributed by atoms with Gasteiger partial charge in [-0.25, -0.2) is 4.98 Å². The Hall–Kier alpha value is -1.09. The van der Waals surface area contributed by atoms with Crippen molar-refractivity contribution in [2.45, 2.75) is 26.4 Å². The SMILES string of the molecule is CCn1cncc1/C=C/C(C)N. The van der Waals surface area contributed by atoms with Crippen LogP contribution in [0.4, 0.5) is 0 Å². The number of hydrogen-bond acceptors (Lipinski definition) is 2. The van der Waals surface area contributed by atoms with Crippen molar-refractivity contribution in [1.29, 1.82) is 0 Å². The van der Waals surface area contributed by atoms with E-state index in [1.807, 2.05) is 31.6 Å². The van der Waals surface area contributed by atoms with E-state index in [1.54, 1.807) is 0 Å². The normalized spacial score (nSPS) is 13.9. The molecule has 2 N–H and O–H groups in total. The van der Waals surface area contributed by atoms with Crippen LogP contribution in [0, 0.1) is 0 Å². The predicted octanol–water partition coefficient (Wildman–Crippen LogP) is 1.26. The van der Waals surface area contributed by atoms with Gasteiger partial charge in [0.15, 0.2) is 0 Å². The van der Waals surface area contributed by atoms with Crippen LogP contribution in [0.3, 0.4) is 0 Å². The summed E-state index contributed by atoms with van der Waals surface area (Å²) in [5.41, 5.74) is 6.69. The number of nitrogens with two attached hydrogens (primary N) is 1. The minimum Gasteiger partial charge on any atom is -0.331 e. The van der Waals surface area contributed by atoms with Gasteiger partial charge in [-0.2, -0.15) is 0 Å². The molecule has 0 bridgehead atoms. The second-order valence-corrected chi connectivity index (χ2v) is 2.82. The van der Waals surface area contributed by atoms with Crippen molar-refractivity contribution >= 4 is 6.08 Å². The highest BCUT2D eigenvalue weighted by molar-refractivity contribution is 5.44. The summed E-state index contributed by atoms with van der Waals surface area (Å²) in [6.07, 6.45) is 7.62. The highest BCUT2D eigenvalue weighted by Gasteiger charge is 1.94. The fraction of sp³-hybridized carbons (Fsp3) is 0.444. The lowest BCUT2D eigenvalue weighted by Crippen LogP contribution is -2.10. The summed E-state index contributed by atoms with van der Waals surface area (Å²) >= 11 is 0. The lowest BCUT2D eigenvalue weighted by molar-refractivity contribution is 0.754. The van der Waals surface area contributed by atoms with Crippen molar-refractivity contribution in [1.82, 2.24) is 9.55 Å². The van der Waals surface area contributed by atoms with Gasteiger partial charge in [-0.3, -0.25) is 0 Å². The lowest BCUT2D eigenvalue weighted by Gasteiger charge is -1.99. The van der Waals surface area contributed by atoms with E-state index in [0.717, 1.165) is 12.2 Å². The molecule has 0 aliphatic carbocycles. The number of aryl methyl sites for hydroxylation is 1. The highest BCUT2D eigenvalue weighted by atomic mass is 15.0. The zero-order valence-electron chi connectivity index (χ0n) is 7.57. The van der Waals surface area contributed by atoms with Crippen LogP contribution in [0.1, 0.15) is 19.5 Å². The van der Waals surface area contributed by atoms with Gasteiger partial charge in [0.05, 0.1) is 18.2 Å². The molecule has 1 rings (SSSR count). The molecule has 3 nitrogen and oxygen atoms in total. The van der Waals surface area contributed by atoms with Crippen LogP contribution in [0.2, 0.25) is 0 Å². The van der Waals surface area contributed by atoms with E-state index in [4.69, 9.17) is 5.73 Å². The second kappa shape index (κ2) is 4.07. The van der Waals surface area contributed by atoms with Crippen molar-refractivity contribution in [3.63, 3.8) is 0 Å². The average Bonchev–Trinajstić information content (AvgIpc) is 2.47. The molecular formula is C9H15N3. The molecule has 1 aromatic heterocycles. The molecule has 1 atom stereocenters. The molecule has 0 spiro atoms. The summed E-state index contributed by atoms with van der Waals surface area (Å²) in [4.78, 5) is 4.04. The van der Waals surface area contributed by atoms with E-state index in [0.29, 0.717) is 0 Å². The summed E-state index contributed by atoms with van der Waals surface area (Å²) < 4.78 is 2.07. The minimum absolute atomic E-state index is 0.102. The van der Waals surface area contributed by atoms with Gasteiger partial charge in [0.2, 0.25) is 0 Å². The van der Waals surface area contributed by atoms with Crippen molar-refractivity contribution in [2.75, 3.05) is 0 Å². The maximum atomic E-state index is 5.58. The zero-order chi connectivity index (χ0) is 8.97. The van der Waals surface area contributed by atoms with E-state index in [9.17, 15) is 0 Å². The van der Waals surface area contributed by atoms with Crippen molar-refractivity contribution in [3.8, 4) is 0 Å². The summed E-state index contributed by atoms with van der Waals surface area (Å²) in [6.45, 7) is 4.98. The van der Waals surface area contributed by atoms with E-state index >= 15 is 0 Å². The molecular weight excluding hydrogens is 150 g/mol. The van der Waals surface area contributed by atoms with Gasteiger partial charge in [-0.05, 0) is 19.9 Å². The first-order chi connectivity index (χ1) is 5.74. The van der Waals surface area contributed by atoms with Gasteiger partial charge >= 0.3 is 0 Å². The predicted molar refractivity (Wildman–Crippen MR) is 50.6 cm³/mol. The quantitative estimate of drug-likeness (QED) is 0.732. The highest BCUT2D eigenvalue weighted by Crippen LogP contribution is 2.01. The monoisotopic (exact) mass is 165 g/mol. The number of hydrogen-bond donors (Lipinski definition) is 1. The molecule has 0 amide bonds. The third kappa shape index (κ3) is 2.20. The van der Waals surface area contributed by atoms with E-state index in [2.05, 4.69) is 16.5 Å². The molecule has 0 aliphatic rings. The topological polar surface area (TPSA) is 43.8 Å². The number of imidazole rings is 1. The van der Waals surface area contributed by atoms with Crippen LogP contribution >= 0.6 is 0 Å². The fourth-order valence-electron chi connectivity index (χ4n) is 0.984. The molecule has 1 unspecified atom stereocenters. The largest absolute Gasteiger partial charge is 0.331 e. The number of rotatable bonds is 3. The molecule has 0 radical (unpaired) electrons. The van der Waals surface area contributed by atoms with Gasteiger partial charge in [-0.15, -0.1) is 0 Å². The minimum atomic E-state index is 0.102. The van der Waals surface area contributed by atoms with E-state index < -0.39 is 0 Å². The van der Waals surface area contributed by atoms with E-state index in [-0.39, 0.29) is 6.04 Å². The first-order valence-electron chi connectivity index (χ1n) is 4.18. The Morgan fingerprint density at radius 2 is 2.50 bits per heavy atom. The molecule has 0 aliphatic heterocycles. The standard InChI is InChI=1S/C9H15N3/c1-3-12-7-11-6-9(12)5-4-8(2)10/h4-8H,3,10H2,1-2H3/b5-4+. The molecule has 12 heavy (non-hydrogen) atoms. The lowest BCUT2D eigenvalue weighted by atomic mass is 10.3. The maximum Gasteiger partial charge on any atom is 0.0950 e. The third-order valence-corrected chi connectivity index (χ3v) is 1.66. The summed E-state index contributed by atoms with van der Waals surface area (Å²) in [5.74, 6) is 0. The molecule has 66 valence electrons. The Bertz CT molecular complexity index is 260. The molecule has 0 aromatic carbocycles. The van der Waals surface area contributed by atoms with Crippen molar-refractivity contribution < 1.29 is 0 Å². The van der Waals surface area contributed by atoms with Crippen molar-refractivity contribution in [2.24, 2.45) is 5.73 Å². The first kappa shape index (κ1) is 9.00. The van der Waals surface area contributed by atoms with Crippen LogP contribution in [-0.2, 0) is 6.54 Å². The molecule has 1 aromatic rings. The summed E-state index contributed by atoms with van der Waals surface area (Å²) in [7, 11) is 0. The van der Waals surface area contributed by atoms with Crippen LogP contribution in [0.15, 0.2) is 18.6 Å². The molecule has 3 heteroatoms. The Balaban J connectivity index is 2.74. The Morgan fingerprint density at radius 1 is 1.75 bits per heavy atom. The smallest absolute Gasteiger partial charge is 0.0950 e. The summed E-state index contributed by atoms with van der Waals surface area (Å²) in [6, 6.07) is 0.102. The Morgan fingerprint density at radius 3 is 3.08 bits per heavy atom. The summed E-state index contributed by atoms with van der Waals surface area (Å²) in [5, 5.41) is 0. The molecule has 1 heterocycles. The van der Waals surface area contributed by atoms with Crippen LogP contribution in [-0.4, -0.2) is 15.6 Å². The Kier molecular flexibility index (Phi) is 3.05. The first-order valence-corrected chi connectivity index (χ1v) is 4.18. The number of nitrogens with zero attached hydrogens (tertiary/aromatic N) is 2. The van der Waals surface area contributed by atoms with Crippen molar-refractivity contribution in [3.05, 3.63) is 24.3 Å². The third-order valence-electron chi connectivity index (χ3n) is 1.66. The zero-order valence-corrected chi connectivity index (χ0v) is 7.57. The molecule has 0 fully saturated rings. The molecule has 0 saturated carbocycles. The number of aromatic nitrogens is 2. The second-order valence-electron chi connectivity index (χ2n) is 2.82. The van der Waals surface area contributed by atoms with Gasteiger partial charge in [0.1, 0.15) is 0 Å². The van der Waals surface area contributed by atoms with Crippen LogP contribution in [0.25, 0.3) is 6.08 Å². The van der Waals surface area contributed by atoms with Crippen LogP contribution in [0.5, 0.6) is 0 Å². The average molecular weight is 165 g/mol. The van der Waals surface area contributed by atoms with Gasteiger partial charge in [-0.1, -0.05) is 6.08 Å².